The molecule has 1 aromatic rings. The maximum absolute atomic E-state index is 12.4. The fraction of sp³-hybridized carbons (Fsp3) is 0.167. The molecular formula is C6H3F4NO. The molecule has 0 aliphatic rings. The molecule has 0 saturated heterocycles. The Labute approximate surface area is 64.5 Å². The molecule has 0 amide bonds. The summed E-state index contributed by atoms with van der Waals surface area (Å²) in [6.45, 7) is -0.986. The molecule has 1 heterocycles. The van der Waals surface area contributed by atoms with Crippen LogP contribution in [0.2, 0.25) is 0 Å². The molecular weight excluding hydrogens is 178 g/mol. The minimum absolute atomic E-state index is 0.855. The highest BCUT2D eigenvalue weighted by atomic mass is 19.2. The van der Waals surface area contributed by atoms with Crippen molar-refractivity contribution < 1.29 is 22.7 Å². The minimum atomic E-state index is -1.98. The summed E-state index contributed by atoms with van der Waals surface area (Å²) in [5, 5.41) is 8.30. The van der Waals surface area contributed by atoms with Crippen LogP contribution in [0.3, 0.4) is 0 Å². The van der Waals surface area contributed by atoms with Gasteiger partial charge in [0.15, 0.2) is 5.82 Å². The van der Waals surface area contributed by atoms with Gasteiger partial charge in [-0.25, -0.2) is 13.8 Å². The van der Waals surface area contributed by atoms with Crippen LogP contribution in [0.4, 0.5) is 17.6 Å². The Balaban J connectivity index is 3.39. The summed E-state index contributed by atoms with van der Waals surface area (Å²) >= 11 is 0. The van der Waals surface area contributed by atoms with Crippen molar-refractivity contribution in [3.8, 4) is 0 Å². The first kappa shape index (κ1) is 8.92. The van der Waals surface area contributed by atoms with Gasteiger partial charge in [-0.15, -0.1) is 0 Å². The average Bonchev–Trinajstić information content (AvgIpc) is 2.08. The number of aliphatic hydroxyl groups excluding tert-OH is 1. The molecule has 0 saturated carbocycles. The normalized spacial score (nSPS) is 10.4. The first-order valence-corrected chi connectivity index (χ1v) is 2.87. The maximum Gasteiger partial charge on any atom is 0.252 e. The average molecular weight is 181 g/mol. The predicted octanol–water partition coefficient (Wildman–Crippen LogP) is 1.13. The lowest BCUT2D eigenvalue weighted by molar-refractivity contribution is 0.260. The predicted molar refractivity (Wildman–Crippen MR) is 30.0 cm³/mol. The lowest BCUT2D eigenvalue weighted by atomic mass is 10.3. The van der Waals surface area contributed by atoms with E-state index in [0.29, 0.717) is 0 Å². The van der Waals surface area contributed by atoms with Gasteiger partial charge in [0, 0.05) is 0 Å². The van der Waals surface area contributed by atoms with Crippen molar-refractivity contribution >= 4 is 0 Å². The third kappa shape index (κ3) is 1.25. The Kier molecular flexibility index (Phi) is 2.27. The van der Waals surface area contributed by atoms with Gasteiger partial charge < -0.3 is 5.11 Å². The van der Waals surface area contributed by atoms with Crippen LogP contribution in [-0.4, -0.2) is 10.1 Å². The van der Waals surface area contributed by atoms with Gasteiger partial charge in [0.2, 0.25) is 11.6 Å². The van der Waals surface area contributed by atoms with Gasteiger partial charge in [-0.2, -0.15) is 8.78 Å². The third-order valence-electron chi connectivity index (χ3n) is 1.20. The van der Waals surface area contributed by atoms with Gasteiger partial charge in [-0.05, 0) is 0 Å². The van der Waals surface area contributed by atoms with E-state index >= 15 is 0 Å². The van der Waals surface area contributed by atoms with Crippen molar-refractivity contribution in [2.45, 2.75) is 6.61 Å². The number of aliphatic hydroxyl groups is 1. The van der Waals surface area contributed by atoms with E-state index in [-0.39, 0.29) is 0 Å². The van der Waals surface area contributed by atoms with Gasteiger partial charge in [0.1, 0.15) is 5.69 Å². The molecule has 0 fully saturated rings. The molecule has 66 valence electrons. The third-order valence-corrected chi connectivity index (χ3v) is 1.20. The molecule has 0 atom stereocenters. The Morgan fingerprint density at radius 2 is 1.58 bits per heavy atom. The summed E-state index contributed by atoms with van der Waals surface area (Å²) in [6.07, 6.45) is 0. The van der Waals surface area contributed by atoms with E-state index in [9.17, 15) is 17.6 Å². The van der Waals surface area contributed by atoms with Crippen molar-refractivity contribution in [3.63, 3.8) is 0 Å². The van der Waals surface area contributed by atoms with Crippen LogP contribution < -0.4 is 0 Å². The summed E-state index contributed by atoms with van der Waals surface area (Å²) in [5.41, 5.74) is -0.855. The van der Waals surface area contributed by atoms with Crippen LogP contribution in [0, 0.1) is 23.4 Å². The molecule has 0 aromatic carbocycles. The van der Waals surface area contributed by atoms with E-state index in [1.165, 1.54) is 0 Å². The van der Waals surface area contributed by atoms with Crippen LogP contribution in [0.5, 0.6) is 0 Å². The summed E-state index contributed by atoms with van der Waals surface area (Å²) in [6, 6.07) is 0. The summed E-state index contributed by atoms with van der Waals surface area (Å²) in [5.74, 6) is -7.38. The second kappa shape index (κ2) is 3.06. The number of pyridine rings is 1. The Morgan fingerprint density at radius 3 is 2.08 bits per heavy atom. The summed E-state index contributed by atoms with van der Waals surface area (Å²) in [7, 11) is 0. The van der Waals surface area contributed by atoms with Gasteiger partial charge in [0.05, 0.1) is 6.61 Å². The fourth-order valence-electron chi connectivity index (χ4n) is 0.635. The zero-order valence-electron chi connectivity index (χ0n) is 5.61. The van der Waals surface area contributed by atoms with Gasteiger partial charge >= 0.3 is 0 Å². The lowest BCUT2D eigenvalue weighted by Gasteiger charge is -2.00. The molecule has 2 nitrogen and oxygen atoms in total. The molecule has 6 heteroatoms. The van der Waals surface area contributed by atoms with E-state index in [1.54, 1.807) is 0 Å². The fourth-order valence-corrected chi connectivity index (χ4v) is 0.635. The zero-order chi connectivity index (χ0) is 9.30. The molecule has 1 rings (SSSR count). The lowest BCUT2D eigenvalue weighted by Crippen LogP contribution is -2.05. The van der Waals surface area contributed by atoms with Crippen molar-refractivity contribution in [1.82, 2.24) is 4.98 Å². The first-order chi connectivity index (χ1) is 5.57. The topological polar surface area (TPSA) is 33.1 Å². The van der Waals surface area contributed by atoms with Crippen molar-refractivity contribution in [2.24, 2.45) is 0 Å². The van der Waals surface area contributed by atoms with Gasteiger partial charge in [0.25, 0.3) is 5.95 Å². The van der Waals surface area contributed by atoms with E-state index in [4.69, 9.17) is 5.11 Å². The van der Waals surface area contributed by atoms with Crippen molar-refractivity contribution in [1.29, 1.82) is 0 Å². The molecule has 1 N–H and O–H groups in total. The van der Waals surface area contributed by atoms with E-state index in [0.717, 1.165) is 0 Å². The molecule has 0 aliphatic carbocycles. The van der Waals surface area contributed by atoms with Crippen LogP contribution in [0.15, 0.2) is 0 Å². The van der Waals surface area contributed by atoms with E-state index < -0.39 is 35.7 Å². The number of hydrogen-bond acceptors (Lipinski definition) is 2. The van der Waals surface area contributed by atoms with Gasteiger partial charge in [-0.3, -0.25) is 0 Å². The first-order valence-electron chi connectivity index (χ1n) is 2.87. The van der Waals surface area contributed by atoms with Crippen molar-refractivity contribution in [3.05, 3.63) is 29.1 Å². The van der Waals surface area contributed by atoms with Gasteiger partial charge in [-0.1, -0.05) is 0 Å². The van der Waals surface area contributed by atoms with Crippen molar-refractivity contribution in [2.75, 3.05) is 0 Å². The number of halogens is 4. The van der Waals surface area contributed by atoms with E-state index in [1.807, 2.05) is 0 Å². The molecule has 1 aromatic heterocycles. The Bertz CT molecular complexity index is 315. The number of hydrogen-bond donors (Lipinski definition) is 1. The maximum atomic E-state index is 12.4. The summed E-state index contributed by atoms with van der Waals surface area (Å²) in [4.78, 5) is 2.64. The summed E-state index contributed by atoms with van der Waals surface area (Å²) < 4.78 is 49.1. The zero-order valence-corrected chi connectivity index (χ0v) is 5.61. The quantitative estimate of drug-likeness (QED) is 0.520. The van der Waals surface area contributed by atoms with Crippen LogP contribution in [-0.2, 0) is 6.61 Å². The molecule has 0 unspecified atom stereocenters. The highest BCUT2D eigenvalue weighted by Crippen LogP contribution is 2.15. The molecule has 0 radical (unpaired) electrons. The molecule has 0 bridgehead atoms. The Hall–Kier alpha value is -1.17. The number of aromatic nitrogens is 1. The second-order valence-corrected chi connectivity index (χ2v) is 1.95. The second-order valence-electron chi connectivity index (χ2n) is 1.95. The highest BCUT2D eigenvalue weighted by molar-refractivity contribution is 5.11. The minimum Gasteiger partial charge on any atom is -0.390 e. The SMILES string of the molecule is OCc1nc(F)c(F)c(F)c1F. The number of nitrogens with zero attached hydrogens (tertiary/aromatic N) is 1. The number of rotatable bonds is 1. The standard InChI is InChI=1S/C6H3F4NO/c7-3-2(1-12)11-6(10)5(9)4(3)8/h12H,1H2. The smallest absolute Gasteiger partial charge is 0.252 e. The molecule has 0 spiro atoms. The molecule has 0 aliphatic heterocycles. The highest BCUT2D eigenvalue weighted by Gasteiger charge is 2.19. The monoisotopic (exact) mass is 181 g/mol. The van der Waals surface area contributed by atoms with Crippen LogP contribution in [0.25, 0.3) is 0 Å². The van der Waals surface area contributed by atoms with Crippen LogP contribution in [0.1, 0.15) is 5.69 Å². The van der Waals surface area contributed by atoms with Crippen LogP contribution >= 0.6 is 0 Å². The largest absolute Gasteiger partial charge is 0.390 e. The van der Waals surface area contributed by atoms with E-state index in [2.05, 4.69) is 4.98 Å². The Morgan fingerprint density at radius 1 is 1.00 bits per heavy atom. The molecule has 12 heavy (non-hydrogen) atoms.